The van der Waals surface area contributed by atoms with Gasteiger partial charge in [0, 0.05) is 18.3 Å². The highest BCUT2D eigenvalue weighted by Gasteiger charge is 2.08. The highest BCUT2D eigenvalue weighted by molar-refractivity contribution is 7.91. The van der Waals surface area contributed by atoms with E-state index in [1.807, 2.05) is 37.3 Å². The highest BCUT2D eigenvalue weighted by Crippen LogP contribution is 2.10. The molecule has 0 fully saturated rings. The third-order valence-corrected chi connectivity index (χ3v) is 4.31. The Morgan fingerprint density at radius 2 is 1.88 bits per heavy atom. The monoisotopic (exact) mass is 241 g/mol. The molecule has 0 heterocycles. The van der Waals surface area contributed by atoms with E-state index in [1.54, 1.807) is 6.92 Å². The Morgan fingerprint density at radius 3 is 2.44 bits per heavy atom. The highest BCUT2D eigenvalue weighted by atomic mass is 32.2. The Kier molecular flexibility index (Phi) is 4.96. The van der Waals surface area contributed by atoms with E-state index >= 15 is 0 Å². The van der Waals surface area contributed by atoms with Gasteiger partial charge in [-0.3, -0.25) is 0 Å². The number of hydrogen-bond donors (Lipinski definition) is 1. The lowest BCUT2D eigenvalue weighted by Crippen LogP contribution is -2.26. The first-order valence-electron chi connectivity index (χ1n) is 5.54. The molecule has 0 spiro atoms. The van der Waals surface area contributed by atoms with Gasteiger partial charge in [-0.15, -0.1) is 0 Å². The van der Waals surface area contributed by atoms with Crippen LogP contribution in [0.25, 0.3) is 0 Å². The molecule has 0 bridgehead atoms. The topological polar surface area (TPSA) is 46.2 Å². The first-order chi connectivity index (χ1) is 7.55. The summed E-state index contributed by atoms with van der Waals surface area (Å²) in [6.45, 7) is 4.22. The molecule has 0 unspecified atom stereocenters. The maximum atomic E-state index is 11.3. The van der Waals surface area contributed by atoms with Crippen LogP contribution in [0.2, 0.25) is 0 Å². The van der Waals surface area contributed by atoms with Crippen molar-refractivity contribution in [2.45, 2.75) is 19.9 Å². The third kappa shape index (κ3) is 4.33. The third-order valence-electron chi connectivity index (χ3n) is 2.60. The van der Waals surface area contributed by atoms with Gasteiger partial charge in [0.15, 0.2) is 9.84 Å². The lowest BCUT2D eigenvalue weighted by Gasteiger charge is -2.13. The summed E-state index contributed by atoms with van der Waals surface area (Å²) in [7, 11) is -2.86. The van der Waals surface area contributed by atoms with Crippen molar-refractivity contribution in [3.05, 3.63) is 35.9 Å². The molecule has 90 valence electrons. The van der Waals surface area contributed by atoms with E-state index in [4.69, 9.17) is 0 Å². The Hall–Kier alpha value is -0.870. The molecule has 1 aromatic rings. The SMILES string of the molecule is CCS(=O)(=O)CCN[C@@H](C)c1ccccc1. The van der Waals surface area contributed by atoms with Gasteiger partial charge < -0.3 is 5.32 Å². The Bertz CT molecular complexity index is 400. The van der Waals surface area contributed by atoms with Crippen molar-refractivity contribution < 1.29 is 8.42 Å². The largest absolute Gasteiger partial charge is 0.309 e. The molecule has 0 radical (unpaired) electrons. The van der Waals surface area contributed by atoms with Gasteiger partial charge in [0.05, 0.1) is 5.75 Å². The zero-order valence-electron chi connectivity index (χ0n) is 9.81. The molecule has 16 heavy (non-hydrogen) atoms. The predicted octanol–water partition coefficient (Wildman–Crippen LogP) is 1.77. The van der Waals surface area contributed by atoms with Crippen molar-refractivity contribution >= 4 is 9.84 Å². The Labute approximate surface area is 97.8 Å². The number of nitrogens with one attached hydrogen (secondary N) is 1. The van der Waals surface area contributed by atoms with E-state index in [9.17, 15) is 8.42 Å². The van der Waals surface area contributed by atoms with Crippen molar-refractivity contribution in [3.8, 4) is 0 Å². The van der Waals surface area contributed by atoms with Gasteiger partial charge in [-0.2, -0.15) is 0 Å². The molecule has 0 aliphatic heterocycles. The lowest BCUT2D eigenvalue weighted by molar-refractivity contribution is 0.573. The second-order valence-corrected chi connectivity index (χ2v) is 6.30. The Morgan fingerprint density at radius 1 is 1.25 bits per heavy atom. The van der Waals surface area contributed by atoms with E-state index in [1.165, 1.54) is 5.56 Å². The molecule has 3 nitrogen and oxygen atoms in total. The summed E-state index contributed by atoms with van der Waals surface area (Å²) >= 11 is 0. The molecule has 0 amide bonds. The molecule has 0 aliphatic rings. The number of benzene rings is 1. The minimum Gasteiger partial charge on any atom is -0.309 e. The molecule has 1 atom stereocenters. The van der Waals surface area contributed by atoms with Gasteiger partial charge in [0.1, 0.15) is 0 Å². The summed E-state index contributed by atoms with van der Waals surface area (Å²) in [4.78, 5) is 0. The molecule has 0 saturated heterocycles. The number of rotatable bonds is 6. The van der Waals surface area contributed by atoms with Crippen LogP contribution in [-0.4, -0.2) is 26.5 Å². The second kappa shape index (κ2) is 6.01. The van der Waals surface area contributed by atoms with Crippen LogP contribution < -0.4 is 5.32 Å². The van der Waals surface area contributed by atoms with Crippen LogP contribution in [0.4, 0.5) is 0 Å². The van der Waals surface area contributed by atoms with Crippen LogP contribution in [0.5, 0.6) is 0 Å². The van der Waals surface area contributed by atoms with Gasteiger partial charge >= 0.3 is 0 Å². The van der Waals surface area contributed by atoms with Gasteiger partial charge in [-0.25, -0.2) is 8.42 Å². The predicted molar refractivity (Wildman–Crippen MR) is 67.2 cm³/mol. The molecule has 1 rings (SSSR count). The minimum absolute atomic E-state index is 0.188. The first-order valence-corrected chi connectivity index (χ1v) is 7.36. The van der Waals surface area contributed by atoms with Gasteiger partial charge in [-0.05, 0) is 12.5 Å². The first kappa shape index (κ1) is 13.2. The van der Waals surface area contributed by atoms with Crippen molar-refractivity contribution in [2.24, 2.45) is 0 Å². The summed E-state index contributed by atoms with van der Waals surface area (Å²) in [6, 6.07) is 10.2. The van der Waals surface area contributed by atoms with Crippen LogP contribution >= 0.6 is 0 Å². The number of sulfone groups is 1. The average molecular weight is 241 g/mol. The standard InChI is InChI=1S/C12H19NO2S/c1-3-16(14,15)10-9-13-11(2)12-7-5-4-6-8-12/h4-8,11,13H,3,9-10H2,1-2H3/t11-/m0/s1. The zero-order chi connectivity index (χ0) is 12.0. The molecule has 0 aliphatic carbocycles. The molecule has 0 aromatic heterocycles. The molecule has 1 aromatic carbocycles. The average Bonchev–Trinajstić information content (AvgIpc) is 2.30. The van der Waals surface area contributed by atoms with Crippen LogP contribution in [0.15, 0.2) is 30.3 Å². The smallest absolute Gasteiger partial charge is 0.151 e. The Balaban J connectivity index is 2.40. The second-order valence-electron chi connectivity index (χ2n) is 3.82. The van der Waals surface area contributed by atoms with Gasteiger partial charge in [-0.1, -0.05) is 37.3 Å². The van der Waals surface area contributed by atoms with E-state index < -0.39 is 9.84 Å². The zero-order valence-corrected chi connectivity index (χ0v) is 10.6. The van der Waals surface area contributed by atoms with Crippen LogP contribution in [0.3, 0.4) is 0 Å². The van der Waals surface area contributed by atoms with Gasteiger partial charge in [0.2, 0.25) is 0 Å². The summed E-state index contributed by atoms with van der Waals surface area (Å²) in [5, 5.41) is 3.21. The fourth-order valence-electron chi connectivity index (χ4n) is 1.43. The normalized spacial score (nSPS) is 13.6. The van der Waals surface area contributed by atoms with Crippen molar-refractivity contribution in [1.29, 1.82) is 0 Å². The fraction of sp³-hybridized carbons (Fsp3) is 0.500. The lowest BCUT2D eigenvalue weighted by atomic mass is 10.1. The van der Waals surface area contributed by atoms with Crippen molar-refractivity contribution in [3.63, 3.8) is 0 Å². The maximum Gasteiger partial charge on any atom is 0.151 e. The fourth-order valence-corrected chi connectivity index (χ4v) is 2.15. The van der Waals surface area contributed by atoms with Gasteiger partial charge in [0.25, 0.3) is 0 Å². The summed E-state index contributed by atoms with van der Waals surface area (Å²) in [5.41, 5.74) is 1.18. The van der Waals surface area contributed by atoms with Crippen molar-refractivity contribution in [1.82, 2.24) is 5.32 Å². The van der Waals surface area contributed by atoms with Crippen LogP contribution in [-0.2, 0) is 9.84 Å². The molecule has 1 N–H and O–H groups in total. The molecule has 4 heteroatoms. The quantitative estimate of drug-likeness (QED) is 0.825. The van der Waals surface area contributed by atoms with E-state index in [0.717, 1.165) is 0 Å². The van der Waals surface area contributed by atoms with Crippen molar-refractivity contribution in [2.75, 3.05) is 18.1 Å². The van der Waals surface area contributed by atoms with Crippen LogP contribution in [0.1, 0.15) is 25.5 Å². The summed E-state index contributed by atoms with van der Waals surface area (Å²) in [6.07, 6.45) is 0. The summed E-state index contributed by atoms with van der Waals surface area (Å²) < 4.78 is 22.6. The van der Waals surface area contributed by atoms with E-state index in [-0.39, 0.29) is 17.5 Å². The van der Waals surface area contributed by atoms with E-state index in [0.29, 0.717) is 6.54 Å². The molecular weight excluding hydrogens is 222 g/mol. The number of hydrogen-bond acceptors (Lipinski definition) is 3. The molecule has 0 saturated carbocycles. The maximum absolute atomic E-state index is 11.3. The minimum atomic E-state index is -2.86. The summed E-state index contributed by atoms with van der Waals surface area (Å²) in [5.74, 6) is 0.426. The van der Waals surface area contributed by atoms with Crippen LogP contribution in [0, 0.1) is 0 Å². The van der Waals surface area contributed by atoms with E-state index in [2.05, 4.69) is 5.32 Å². The molecular formula is C12H19NO2S.